The van der Waals surface area contributed by atoms with Gasteiger partial charge in [-0.3, -0.25) is 14.5 Å². The molecule has 2 unspecified atom stereocenters. The molecule has 1 aromatic carbocycles. The van der Waals surface area contributed by atoms with Gasteiger partial charge in [-0.05, 0) is 30.4 Å². The summed E-state index contributed by atoms with van der Waals surface area (Å²) in [5, 5.41) is 11.0. The monoisotopic (exact) mass is 304 g/mol. The minimum Gasteiger partial charge on any atom is -0.480 e. The highest BCUT2D eigenvalue weighted by molar-refractivity contribution is 5.82. The maximum atomic E-state index is 11.7. The molecule has 5 nitrogen and oxygen atoms in total. The van der Waals surface area contributed by atoms with Crippen LogP contribution in [0.4, 0.5) is 0 Å². The van der Waals surface area contributed by atoms with Crippen LogP contribution in [0.5, 0.6) is 0 Å². The first-order valence-corrected chi connectivity index (χ1v) is 7.86. The van der Waals surface area contributed by atoms with Crippen molar-refractivity contribution in [3.05, 3.63) is 35.9 Å². The predicted molar refractivity (Wildman–Crippen MR) is 84.7 cm³/mol. The number of carbonyl (C=O) groups is 2. The molecule has 1 heterocycles. The highest BCUT2D eigenvalue weighted by Crippen LogP contribution is 2.34. The molecule has 1 fully saturated rings. The number of carboxylic acid groups (broad SMARTS) is 1. The van der Waals surface area contributed by atoms with E-state index in [0.717, 1.165) is 25.9 Å². The molecule has 1 saturated heterocycles. The van der Waals surface area contributed by atoms with Gasteiger partial charge in [0, 0.05) is 6.54 Å². The van der Waals surface area contributed by atoms with Gasteiger partial charge >= 0.3 is 5.97 Å². The number of aliphatic carboxylic acids is 1. The third kappa shape index (κ3) is 4.56. The molecular formula is C17H24N2O3. The quantitative estimate of drug-likeness (QED) is 0.839. The minimum absolute atomic E-state index is 0.213. The van der Waals surface area contributed by atoms with Crippen LogP contribution in [-0.4, -0.2) is 48.1 Å². The molecule has 5 heteroatoms. The largest absolute Gasteiger partial charge is 0.480 e. The number of hydrogen-bond donors (Lipinski definition) is 2. The Hall–Kier alpha value is -1.88. The zero-order valence-corrected chi connectivity index (χ0v) is 13.0. The molecule has 1 aliphatic rings. The average molecular weight is 304 g/mol. The van der Waals surface area contributed by atoms with Crippen LogP contribution in [0.1, 0.15) is 31.2 Å². The standard InChI is InChI=1S/C17H24N2O3/c1-2-13-11-19(12-16(20)18-10-17(21)22)9-8-15(13)14-6-4-3-5-7-14/h3-7,13,15H,2,8-12H2,1H3,(H,18,20)(H,21,22). The van der Waals surface area contributed by atoms with E-state index in [1.165, 1.54) is 5.56 Å². The lowest BCUT2D eigenvalue weighted by atomic mass is 9.79. The fourth-order valence-electron chi connectivity index (χ4n) is 3.24. The molecule has 22 heavy (non-hydrogen) atoms. The van der Waals surface area contributed by atoms with Crippen LogP contribution < -0.4 is 5.32 Å². The van der Waals surface area contributed by atoms with Gasteiger partial charge in [0.25, 0.3) is 0 Å². The van der Waals surface area contributed by atoms with E-state index in [-0.39, 0.29) is 19.0 Å². The first-order chi connectivity index (χ1) is 10.6. The lowest BCUT2D eigenvalue weighted by Crippen LogP contribution is -2.45. The number of carboxylic acids is 1. The molecule has 0 bridgehead atoms. The van der Waals surface area contributed by atoms with Crippen molar-refractivity contribution in [2.24, 2.45) is 5.92 Å². The number of hydrogen-bond acceptors (Lipinski definition) is 3. The summed E-state index contributed by atoms with van der Waals surface area (Å²) in [7, 11) is 0. The second kappa shape index (κ2) is 7.94. The Bertz CT molecular complexity index is 504. The van der Waals surface area contributed by atoms with Crippen LogP contribution in [0.3, 0.4) is 0 Å². The molecule has 0 aromatic heterocycles. The summed E-state index contributed by atoms with van der Waals surface area (Å²) in [4.78, 5) is 24.3. The zero-order chi connectivity index (χ0) is 15.9. The Morgan fingerprint density at radius 3 is 2.68 bits per heavy atom. The Kier molecular flexibility index (Phi) is 5.95. The topological polar surface area (TPSA) is 69.6 Å². The van der Waals surface area contributed by atoms with Crippen molar-refractivity contribution in [3.63, 3.8) is 0 Å². The smallest absolute Gasteiger partial charge is 0.322 e. The third-order valence-corrected chi connectivity index (χ3v) is 4.37. The van der Waals surface area contributed by atoms with Gasteiger partial charge < -0.3 is 10.4 Å². The van der Waals surface area contributed by atoms with Crippen LogP contribution in [0.15, 0.2) is 30.3 Å². The van der Waals surface area contributed by atoms with Gasteiger partial charge in [-0.25, -0.2) is 0 Å². The van der Waals surface area contributed by atoms with Crippen molar-refractivity contribution in [1.82, 2.24) is 10.2 Å². The Morgan fingerprint density at radius 1 is 1.32 bits per heavy atom. The number of amides is 1. The summed E-state index contributed by atoms with van der Waals surface area (Å²) in [6.45, 7) is 3.92. The average Bonchev–Trinajstić information content (AvgIpc) is 2.53. The first kappa shape index (κ1) is 16.5. The van der Waals surface area contributed by atoms with Gasteiger partial charge in [0.05, 0.1) is 6.54 Å². The van der Waals surface area contributed by atoms with Crippen molar-refractivity contribution in [1.29, 1.82) is 0 Å². The fourth-order valence-corrected chi connectivity index (χ4v) is 3.24. The number of likely N-dealkylation sites (tertiary alicyclic amines) is 1. The zero-order valence-electron chi connectivity index (χ0n) is 13.0. The Balaban J connectivity index is 1.89. The summed E-state index contributed by atoms with van der Waals surface area (Å²) in [5.74, 6) is -0.147. The molecule has 2 N–H and O–H groups in total. The molecule has 0 aliphatic carbocycles. The van der Waals surface area contributed by atoms with Gasteiger partial charge in [0.15, 0.2) is 0 Å². The van der Waals surface area contributed by atoms with E-state index >= 15 is 0 Å². The van der Waals surface area contributed by atoms with Crippen LogP contribution in [0, 0.1) is 5.92 Å². The van der Waals surface area contributed by atoms with Crippen molar-refractivity contribution in [3.8, 4) is 0 Å². The number of benzene rings is 1. The number of piperidine rings is 1. The van der Waals surface area contributed by atoms with Crippen LogP contribution in [0.25, 0.3) is 0 Å². The molecule has 0 radical (unpaired) electrons. The maximum absolute atomic E-state index is 11.7. The maximum Gasteiger partial charge on any atom is 0.322 e. The first-order valence-electron chi connectivity index (χ1n) is 7.86. The van der Waals surface area contributed by atoms with E-state index < -0.39 is 5.97 Å². The molecule has 120 valence electrons. The van der Waals surface area contributed by atoms with Crippen LogP contribution >= 0.6 is 0 Å². The normalized spacial score (nSPS) is 22.2. The Morgan fingerprint density at radius 2 is 2.05 bits per heavy atom. The van der Waals surface area contributed by atoms with Crippen molar-refractivity contribution >= 4 is 11.9 Å². The van der Waals surface area contributed by atoms with E-state index in [1.54, 1.807) is 0 Å². The van der Waals surface area contributed by atoms with Gasteiger partial charge in [-0.2, -0.15) is 0 Å². The molecule has 2 atom stereocenters. The van der Waals surface area contributed by atoms with Crippen LogP contribution in [0.2, 0.25) is 0 Å². The van der Waals surface area contributed by atoms with Gasteiger partial charge in [-0.15, -0.1) is 0 Å². The second-order valence-electron chi connectivity index (χ2n) is 5.88. The highest BCUT2D eigenvalue weighted by Gasteiger charge is 2.29. The molecule has 0 saturated carbocycles. The van der Waals surface area contributed by atoms with Gasteiger partial charge in [0.1, 0.15) is 6.54 Å². The number of rotatable bonds is 6. The second-order valence-corrected chi connectivity index (χ2v) is 5.88. The van der Waals surface area contributed by atoms with Crippen LogP contribution in [-0.2, 0) is 9.59 Å². The molecule has 2 rings (SSSR count). The number of carbonyl (C=O) groups excluding carboxylic acids is 1. The third-order valence-electron chi connectivity index (χ3n) is 4.37. The summed E-state index contributed by atoms with van der Waals surface area (Å²) in [5.41, 5.74) is 1.38. The highest BCUT2D eigenvalue weighted by atomic mass is 16.4. The molecule has 1 aromatic rings. The SMILES string of the molecule is CCC1CN(CC(=O)NCC(=O)O)CCC1c1ccccc1. The van der Waals surface area contributed by atoms with E-state index in [4.69, 9.17) is 5.11 Å². The minimum atomic E-state index is -1.01. The summed E-state index contributed by atoms with van der Waals surface area (Å²) >= 11 is 0. The fraction of sp³-hybridized carbons (Fsp3) is 0.529. The molecule has 0 spiro atoms. The Labute approximate surface area is 131 Å². The summed E-state index contributed by atoms with van der Waals surface area (Å²) in [6.07, 6.45) is 2.11. The molecule has 1 aliphatic heterocycles. The lowest BCUT2D eigenvalue weighted by Gasteiger charge is -2.38. The molecular weight excluding hydrogens is 280 g/mol. The van der Waals surface area contributed by atoms with Crippen molar-refractivity contribution in [2.45, 2.75) is 25.7 Å². The van der Waals surface area contributed by atoms with Gasteiger partial charge in [0.2, 0.25) is 5.91 Å². The summed E-state index contributed by atoms with van der Waals surface area (Å²) < 4.78 is 0. The summed E-state index contributed by atoms with van der Waals surface area (Å²) in [6, 6.07) is 10.6. The predicted octanol–water partition coefficient (Wildman–Crippen LogP) is 1.70. The number of nitrogens with one attached hydrogen (secondary N) is 1. The van der Waals surface area contributed by atoms with E-state index in [1.807, 2.05) is 6.07 Å². The number of nitrogens with zero attached hydrogens (tertiary/aromatic N) is 1. The molecule has 1 amide bonds. The van der Waals surface area contributed by atoms with E-state index in [9.17, 15) is 9.59 Å². The lowest BCUT2D eigenvalue weighted by molar-refractivity contribution is -0.138. The van der Waals surface area contributed by atoms with E-state index in [0.29, 0.717) is 11.8 Å². The van der Waals surface area contributed by atoms with Crippen molar-refractivity contribution in [2.75, 3.05) is 26.2 Å². The van der Waals surface area contributed by atoms with Crippen molar-refractivity contribution < 1.29 is 14.7 Å². The van der Waals surface area contributed by atoms with Gasteiger partial charge in [-0.1, -0.05) is 43.7 Å². The van der Waals surface area contributed by atoms with E-state index in [2.05, 4.69) is 41.4 Å².